The van der Waals surface area contributed by atoms with Gasteiger partial charge in [0.25, 0.3) is 0 Å². The van der Waals surface area contributed by atoms with Crippen LogP contribution in [0.25, 0.3) is 66.1 Å². The second-order valence-corrected chi connectivity index (χ2v) is 17.5. The van der Waals surface area contributed by atoms with Gasteiger partial charge in [-0.3, -0.25) is 0 Å². The van der Waals surface area contributed by atoms with Crippen LogP contribution >= 0.6 is 0 Å². The van der Waals surface area contributed by atoms with Crippen LogP contribution in [0.2, 0.25) is 0 Å². The van der Waals surface area contributed by atoms with Crippen LogP contribution < -0.4 is 4.90 Å². The van der Waals surface area contributed by atoms with E-state index < -0.39 is 5.41 Å². The van der Waals surface area contributed by atoms with Crippen molar-refractivity contribution in [2.24, 2.45) is 0 Å². The van der Waals surface area contributed by atoms with E-state index in [-0.39, 0.29) is 5.41 Å². The molecule has 1 nitrogen and oxygen atoms in total. The molecule has 0 atom stereocenters. The summed E-state index contributed by atoms with van der Waals surface area (Å²) in [7, 11) is 0. The van der Waals surface area contributed by atoms with Gasteiger partial charge in [-0.25, -0.2) is 0 Å². The fraction of sp³-hybridized carbons (Fsp3) is 0.0667. The maximum atomic E-state index is 2.50. The number of fused-ring (bicyclic) bond motifs is 16. The number of hydrogen-bond donors (Lipinski definition) is 0. The largest absolute Gasteiger partial charge is 0.310 e. The molecule has 13 rings (SSSR count). The standard InChI is InChI=1S/C60H41N/c1-59(2)51-28-14-13-27-49(51)57-50(36-38-18-6-7-21-41(38)58(57)59)43-34-35-56(48-26-9-8-22-42(43)48)61(39-19-4-3-5-20-39)40-32-33-47-46-25-12-17-31-54(46)60(55(47)37-40)52-29-15-10-23-44(52)45-24-11-16-30-53(45)60/h3-37H,1-2H3. The molecule has 3 aliphatic carbocycles. The summed E-state index contributed by atoms with van der Waals surface area (Å²) in [6, 6.07) is 79.6. The normalized spacial score (nSPS) is 14.3. The van der Waals surface area contributed by atoms with Crippen molar-refractivity contribution in [2.45, 2.75) is 24.7 Å². The van der Waals surface area contributed by atoms with Crippen LogP contribution in [0.5, 0.6) is 0 Å². The highest BCUT2D eigenvalue weighted by atomic mass is 15.1. The molecule has 3 aliphatic rings. The van der Waals surface area contributed by atoms with Crippen molar-refractivity contribution < 1.29 is 0 Å². The lowest BCUT2D eigenvalue weighted by molar-refractivity contribution is 0.666. The average Bonchev–Trinajstić information content (AvgIpc) is 3.88. The molecule has 10 aromatic rings. The first-order valence-electron chi connectivity index (χ1n) is 21.5. The van der Waals surface area contributed by atoms with E-state index in [9.17, 15) is 0 Å². The van der Waals surface area contributed by atoms with Crippen LogP contribution in [0.4, 0.5) is 17.1 Å². The van der Waals surface area contributed by atoms with E-state index in [0.717, 1.165) is 17.1 Å². The molecule has 10 aromatic carbocycles. The van der Waals surface area contributed by atoms with Gasteiger partial charge in [0.1, 0.15) is 0 Å². The molecular weight excluding hydrogens is 735 g/mol. The first-order chi connectivity index (χ1) is 30.0. The molecule has 0 amide bonds. The number of nitrogens with zero attached hydrogens (tertiary/aromatic N) is 1. The summed E-state index contributed by atoms with van der Waals surface area (Å²) < 4.78 is 0. The third kappa shape index (κ3) is 4.50. The predicted octanol–water partition coefficient (Wildman–Crippen LogP) is 15.8. The SMILES string of the molecule is CC1(C)c2ccccc2-c2c(-c3ccc(N(c4ccccc4)c4ccc5c(c4)C4(c6ccccc6-c6ccccc64)c4ccccc4-5)c4ccccc34)cc3ccccc3c21. The van der Waals surface area contributed by atoms with Gasteiger partial charge in [-0.05, 0) is 130 Å². The van der Waals surface area contributed by atoms with Crippen LogP contribution in [-0.4, -0.2) is 0 Å². The molecule has 0 fully saturated rings. The Labute approximate surface area is 356 Å². The van der Waals surface area contributed by atoms with Crippen LogP contribution in [0, 0.1) is 0 Å². The quantitative estimate of drug-likeness (QED) is 0.172. The third-order valence-electron chi connectivity index (χ3n) is 14.2. The second kappa shape index (κ2) is 12.5. The highest BCUT2D eigenvalue weighted by Crippen LogP contribution is 2.63. The minimum absolute atomic E-state index is 0.133. The number of para-hydroxylation sites is 1. The van der Waals surface area contributed by atoms with E-state index >= 15 is 0 Å². The van der Waals surface area contributed by atoms with E-state index in [0.29, 0.717) is 0 Å². The van der Waals surface area contributed by atoms with Crippen LogP contribution in [-0.2, 0) is 10.8 Å². The fourth-order valence-corrected chi connectivity index (χ4v) is 11.8. The third-order valence-corrected chi connectivity index (χ3v) is 14.2. The molecule has 0 heterocycles. The summed E-state index contributed by atoms with van der Waals surface area (Å²) in [5.74, 6) is 0. The Kier molecular flexibility index (Phi) is 7.06. The Morgan fingerprint density at radius 3 is 1.51 bits per heavy atom. The van der Waals surface area contributed by atoms with Crippen molar-refractivity contribution in [1.29, 1.82) is 0 Å². The number of hydrogen-bond acceptors (Lipinski definition) is 1. The number of rotatable bonds is 4. The Hall–Kier alpha value is -7.48. The van der Waals surface area contributed by atoms with Gasteiger partial charge >= 0.3 is 0 Å². The molecule has 1 spiro atoms. The van der Waals surface area contributed by atoms with Crippen LogP contribution in [0.1, 0.15) is 47.2 Å². The lowest BCUT2D eigenvalue weighted by Crippen LogP contribution is -2.26. The number of anilines is 3. The van der Waals surface area contributed by atoms with Crippen LogP contribution in [0.15, 0.2) is 212 Å². The first kappa shape index (κ1) is 34.4. The first-order valence-corrected chi connectivity index (χ1v) is 21.5. The van der Waals surface area contributed by atoms with Crippen molar-refractivity contribution in [2.75, 3.05) is 4.90 Å². The zero-order valence-corrected chi connectivity index (χ0v) is 34.2. The van der Waals surface area contributed by atoms with Crippen molar-refractivity contribution >= 4 is 38.6 Å². The molecule has 0 bridgehead atoms. The minimum atomic E-state index is -0.427. The lowest BCUT2D eigenvalue weighted by Gasteiger charge is -2.32. The molecule has 0 saturated carbocycles. The summed E-state index contributed by atoms with van der Waals surface area (Å²) in [6.45, 7) is 4.80. The van der Waals surface area contributed by atoms with E-state index in [4.69, 9.17) is 0 Å². The maximum Gasteiger partial charge on any atom is 0.0726 e. The zero-order valence-electron chi connectivity index (χ0n) is 34.2. The Balaban J connectivity index is 1.07. The van der Waals surface area contributed by atoms with Gasteiger partial charge in [0, 0.05) is 22.2 Å². The molecular formula is C60H41N. The van der Waals surface area contributed by atoms with Gasteiger partial charge in [0.05, 0.1) is 11.1 Å². The molecule has 0 unspecified atom stereocenters. The zero-order chi connectivity index (χ0) is 40.5. The minimum Gasteiger partial charge on any atom is -0.310 e. The molecule has 0 N–H and O–H groups in total. The average molecular weight is 776 g/mol. The molecule has 0 aromatic heterocycles. The monoisotopic (exact) mass is 775 g/mol. The summed E-state index contributed by atoms with van der Waals surface area (Å²) in [6.07, 6.45) is 0. The molecule has 61 heavy (non-hydrogen) atoms. The van der Waals surface area contributed by atoms with Crippen molar-refractivity contribution in [3.05, 3.63) is 246 Å². The van der Waals surface area contributed by atoms with Gasteiger partial charge < -0.3 is 4.90 Å². The Bertz CT molecular complexity index is 3400. The summed E-state index contributed by atoms with van der Waals surface area (Å²) >= 11 is 0. The molecule has 1 heteroatoms. The van der Waals surface area contributed by atoms with E-state index in [2.05, 4.69) is 231 Å². The number of benzene rings is 10. The summed E-state index contributed by atoms with van der Waals surface area (Å²) in [5, 5.41) is 5.07. The topological polar surface area (TPSA) is 3.24 Å². The lowest BCUT2D eigenvalue weighted by atomic mass is 9.70. The van der Waals surface area contributed by atoms with E-state index in [1.165, 1.54) is 99.4 Å². The maximum absolute atomic E-state index is 2.50. The van der Waals surface area contributed by atoms with Crippen LogP contribution in [0.3, 0.4) is 0 Å². The smallest absolute Gasteiger partial charge is 0.0726 e. The predicted molar refractivity (Wildman–Crippen MR) is 255 cm³/mol. The molecule has 0 radical (unpaired) electrons. The highest BCUT2D eigenvalue weighted by molar-refractivity contribution is 6.12. The molecule has 286 valence electrons. The van der Waals surface area contributed by atoms with Gasteiger partial charge in [-0.1, -0.05) is 190 Å². The van der Waals surface area contributed by atoms with Crippen molar-refractivity contribution in [3.63, 3.8) is 0 Å². The van der Waals surface area contributed by atoms with Gasteiger partial charge in [0.2, 0.25) is 0 Å². The van der Waals surface area contributed by atoms with E-state index in [1.54, 1.807) is 0 Å². The fourth-order valence-electron chi connectivity index (χ4n) is 11.8. The molecule has 0 saturated heterocycles. The summed E-state index contributed by atoms with van der Waals surface area (Å²) in [5.41, 5.74) is 21.5. The second-order valence-electron chi connectivity index (χ2n) is 17.5. The van der Waals surface area contributed by atoms with Crippen molar-refractivity contribution in [3.8, 4) is 44.5 Å². The van der Waals surface area contributed by atoms with E-state index in [1.807, 2.05) is 0 Å². The van der Waals surface area contributed by atoms with Gasteiger partial charge in [0.15, 0.2) is 0 Å². The summed E-state index contributed by atoms with van der Waals surface area (Å²) in [4.78, 5) is 2.49. The van der Waals surface area contributed by atoms with Gasteiger partial charge in [-0.2, -0.15) is 0 Å². The Morgan fingerprint density at radius 2 is 0.836 bits per heavy atom. The van der Waals surface area contributed by atoms with Crippen molar-refractivity contribution in [1.82, 2.24) is 0 Å². The highest BCUT2D eigenvalue weighted by Gasteiger charge is 2.51. The molecule has 0 aliphatic heterocycles. The Morgan fingerprint density at radius 1 is 0.328 bits per heavy atom. The van der Waals surface area contributed by atoms with Gasteiger partial charge in [-0.15, -0.1) is 0 Å².